The molecule has 0 radical (unpaired) electrons. The molecule has 0 aromatic rings. The Morgan fingerprint density at radius 2 is 1.88 bits per heavy atom. The van der Waals surface area contributed by atoms with E-state index in [4.69, 9.17) is 15.2 Å². The largest absolute Gasteiger partial charge is 0.381 e. The molecule has 1 saturated carbocycles. The molecule has 3 heteroatoms. The van der Waals surface area contributed by atoms with Crippen LogP contribution in [0, 0.1) is 17.8 Å². The maximum atomic E-state index is 5.85. The molecule has 0 amide bonds. The second kappa shape index (κ2) is 6.58. The summed E-state index contributed by atoms with van der Waals surface area (Å²) < 4.78 is 11.2. The van der Waals surface area contributed by atoms with Crippen LogP contribution in [0.5, 0.6) is 0 Å². The van der Waals surface area contributed by atoms with Gasteiger partial charge in [-0.3, -0.25) is 0 Å². The SMILES string of the molecule is NCC1CCCCC1COCC1CCOC1. The normalized spacial score (nSPS) is 35.4. The number of hydrogen-bond donors (Lipinski definition) is 1. The Labute approximate surface area is 98.7 Å². The fourth-order valence-corrected chi connectivity index (χ4v) is 2.92. The number of ether oxygens (including phenoxy) is 2. The van der Waals surface area contributed by atoms with E-state index in [1.165, 1.54) is 32.1 Å². The summed E-state index contributed by atoms with van der Waals surface area (Å²) in [6.07, 6.45) is 6.50. The van der Waals surface area contributed by atoms with Gasteiger partial charge in [0.15, 0.2) is 0 Å². The summed E-state index contributed by atoms with van der Waals surface area (Å²) in [6.45, 7) is 4.45. The molecule has 2 N–H and O–H groups in total. The Morgan fingerprint density at radius 1 is 1.06 bits per heavy atom. The molecule has 1 aliphatic carbocycles. The molecule has 3 nitrogen and oxygen atoms in total. The van der Waals surface area contributed by atoms with Crippen LogP contribution in [0.25, 0.3) is 0 Å². The summed E-state index contributed by atoms with van der Waals surface area (Å²) in [7, 11) is 0. The molecule has 94 valence electrons. The average Bonchev–Trinajstić information content (AvgIpc) is 2.83. The maximum absolute atomic E-state index is 5.85. The Bertz CT molecular complexity index is 192. The second-order valence-corrected chi connectivity index (χ2v) is 5.31. The molecule has 2 fully saturated rings. The second-order valence-electron chi connectivity index (χ2n) is 5.31. The van der Waals surface area contributed by atoms with Crippen molar-refractivity contribution >= 4 is 0 Å². The van der Waals surface area contributed by atoms with Gasteiger partial charge in [0.2, 0.25) is 0 Å². The molecule has 2 aliphatic rings. The number of hydrogen-bond acceptors (Lipinski definition) is 3. The molecule has 0 spiro atoms. The summed E-state index contributed by atoms with van der Waals surface area (Å²) in [6, 6.07) is 0. The van der Waals surface area contributed by atoms with Crippen molar-refractivity contribution in [3.05, 3.63) is 0 Å². The van der Waals surface area contributed by atoms with E-state index in [1.807, 2.05) is 0 Å². The van der Waals surface area contributed by atoms with Crippen molar-refractivity contribution in [2.45, 2.75) is 32.1 Å². The Kier molecular flexibility index (Phi) is 5.07. The van der Waals surface area contributed by atoms with Gasteiger partial charge in [-0.05, 0) is 37.6 Å². The predicted molar refractivity (Wildman–Crippen MR) is 64.2 cm³/mol. The lowest BCUT2D eigenvalue weighted by Crippen LogP contribution is -2.30. The monoisotopic (exact) mass is 227 g/mol. The quantitative estimate of drug-likeness (QED) is 0.779. The van der Waals surface area contributed by atoms with Crippen molar-refractivity contribution in [2.24, 2.45) is 23.5 Å². The van der Waals surface area contributed by atoms with Gasteiger partial charge in [0.25, 0.3) is 0 Å². The van der Waals surface area contributed by atoms with E-state index >= 15 is 0 Å². The van der Waals surface area contributed by atoms with E-state index in [9.17, 15) is 0 Å². The highest BCUT2D eigenvalue weighted by Gasteiger charge is 2.24. The maximum Gasteiger partial charge on any atom is 0.0517 e. The lowest BCUT2D eigenvalue weighted by atomic mass is 9.80. The molecule has 1 heterocycles. The van der Waals surface area contributed by atoms with E-state index in [-0.39, 0.29) is 0 Å². The first-order chi connectivity index (χ1) is 7.90. The molecular formula is C13H25NO2. The van der Waals surface area contributed by atoms with E-state index in [2.05, 4.69) is 0 Å². The molecule has 0 aromatic carbocycles. The Balaban J connectivity index is 1.63. The fraction of sp³-hybridized carbons (Fsp3) is 1.00. The van der Waals surface area contributed by atoms with Crippen LogP contribution in [0.2, 0.25) is 0 Å². The number of nitrogens with two attached hydrogens (primary N) is 1. The lowest BCUT2D eigenvalue weighted by Gasteiger charge is -2.30. The predicted octanol–water partition coefficient (Wildman–Crippen LogP) is 1.80. The van der Waals surface area contributed by atoms with Gasteiger partial charge in [-0.25, -0.2) is 0 Å². The van der Waals surface area contributed by atoms with Crippen molar-refractivity contribution in [3.63, 3.8) is 0 Å². The van der Waals surface area contributed by atoms with Gasteiger partial charge < -0.3 is 15.2 Å². The van der Waals surface area contributed by atoms with Crippen LogP contribution < -0.4 is 5.73 Å². The van der Waals surface area contributed by atoms with E-state index in [0.717, 1.165) is 33.0 Å². The van der Waals surface area contributed by atoms with Crippen molar-refractivity contribution in [2.75, 3.05) is 33.0 Å². The third-order valence-electron chi connectivity index (χ3n) is 4.08. The van der Waals surface area contributed by atoms with Crippen molar-refractivity contribution in [1.82, 2.24) is 0 Å². The first-order valence-electron chi connectivity index (χ1n) is 6.75. The standard InChI is InChI=1S/C13H25NO2/c14-7-12-3-1-2-4-13(12)10-16-9-11-5-6-15-8-11/h11-13H,1-10,14H2. The minimum absolute atomic E-state index is 0.639. The van der Waals surface area contributed by atoms with Crippen LogP contribution in [-0.2, 0) is 9.47 Å². The third-order valence-corrected chi connectivity index (χ3v) is 4.08. The molecule has 3 atom stereocenters. The van der Waals surface area contributed by atoms with Crippen LogP contribution in [-0.4, -0.2) is 33.0 Å². The highest BCUT2D eigenvalue weighted by molar-refractivity contribution is 4.76. The van der Waals surface area contributed by atoms with E-state index in [0.29, 0.717) is 17.8 Å². The third kappa shape index (κ3) is 3.44. The first kappa shape index (κ1) is 12.3. The van der Waals surface area contributed by atoms with Gasteiger partial charge in [-0.15, -0.1) is 0 Å². The minimum atomic E-state index is 0.639. The van der Waals surface area contributed by atoms with Gasteiger partial charge in [-0.1, -0.05) is 12.8 Å². The van der Waals surface area contributed by atoms with Gasteiger partial charge in [0.1, 0.15) is 0 Å². The molecule has 2 rings (SSSR count). The molecule has 0 aromatic heterocycles. The summed E-state index contributed by atoms with van der Waals surface area (Å²) in [4.78, 5) is 0. The summed E-state index contributed by atoms with van der Waals surface area (Å²) in [5.74, 6) is 2.05. The molecular weight excluding hydrogens is 202 g/mol. The van der Waals surface area contributed by atoms with Gasteiger partial charge in [0.05, 0.1) is 13.2 Å². The summed E-state index contributed by atoms with van der Waals surface area (Å²) in [5.41, 5.74) is 5.81. The zero-order valence-corrected chi connectivity index (χ0v) is 10.2. The Hall–Kier alpha value is -0.120. The summed E-state index contributed by atoms with van der Waals surface area (Å²) in [5, 5.41) is 0. The van der Waals surface area contributed by atoms with Crippen LogP contribution in [0.15, 0.2) is 0 Å². The van der Waals surface area contributed by atoms with Crippen LogP contribution >= 0.6 is 0 Å². The number of rotatable bonds is 5. The average molecular weight is 227 g/mol. The smallest absolute Gasteiger partial charge is 0.0517 e. The fourth-order valence-electron chi connectivity index (χ4n) is 2.92. The molecule has 1 aliphatic heterocycles. The molecule has 3 unspecified atom stereocenters. The first-order valence-corrected chi connectivity index (χ1v) is 6.75. The van der Waals surface area contributed by atoms with Crippen molar-refractivity contribution in [3.8, 4) is 0 Å². The lowest BCUT2D eigenvalue weighted by molar-refractivity contribution is 0.0381. The zero-order valence-electron chi connectivity index (χ0n) is 10.2. The topological polar surface area (TPSA) is 44.5 Å². The van der Waals surface area contributed by atoms with Gasteiger partial charge in [0, 0.05) is 19.1 Å². The molecule has 16 heavy (non-hydrogen) atoms. The highest BCUT2D eigenvalue weighted by atomic mass is 16.5. The van der Waals surface area contributed by atoms with E-state index < -0.39 is 0 Å². The van der Waals surface area contributed by atoms with Crippen molar-refractivity contribution < 1.29 is 9.47 Å². The molecule has 1 saturated heterocycles. The Morgan fingerprint density at radius 3 is 2.56 bits per heavy atom. The minimum Gasteiger partial charge on any atom is -0.381 e. The highest BCUT2D eigenvalue weighted by Crippen LogP contribution is 2.29. The van der Waals surface area contributed by atoms with Crippen LogP contribution in [0.4, 0.5) is 0 Å². The summed E-state index contributed by atoms with van der Waals surface area (Å²) >= 11 is 0. The zero-order chi connectivity index (χ0) is 11.2. The van der Waals surface area contributed by atoms with Crippen LogP contribution in [0.3, 0.4) is 0 Å². The van der Waals surface area contributed by atoms with E-state index in [1.54, 1.807) is 0 Å². The molecule has 0 bridgehead atoms. The van der Waals surface area contributed by atoms with Crippen LogP contribution in [0.1, 0.15) is 32.1 Å². The van der Waals surface area contributed by atoms with Gasteiger partial charge >= 0.3 is 0 Å². The van der Waals surface area contributed by atoms with Crippen molar-refractivity contribution in [1.29, 1.82) is 0 Å². The van der Waals surface area contributed by atoms with Gasteiger partial charge in [-0.2, -0.15) is 0 Å².